The van der Waals surface area contributed by atoms with Crippen LogP contribution in [0.1, 0.15) is 71.3 Å². The molecule has 4 N–H and O–H groups in total. The van der Waals surface area contributed by atoms with E-state index in [1.807, 2.05) is 90.9 Å². The number of nitrogens with zero attached hydrogens (tertiary/aromatic N) is 6. The molecule has 0 saturated carbocycles. The Labute approximate surface area is 309 Å². The quantitative estimate of drug-likeness (QED) is 0.142. The molecule has 0 radical (unpaired) electrons. The van der Waals surface area contributed by atoms with Gasteiger partial charge in [0.05, 0.1) is 52.4 Å². The van der Waals surface area contributed by atoms with Gasteiger partial charge in [0.1, 0.15) is 5.82 Å². The number of aromatic amines is 2. The van der Waals surface area contributed by atoms with E-state index < -0.39 is 0 Å². The predicted molar refractivity (Wildman–Crippen MR) is 209 cm³/mol. The Balaban J connectivity index is 1.21. The second-order valence-corrected chi connectivity index (χ2v) is 14.1. The SMILES string of the molecule is CCCn1ccnc1C1c2n[nH]c(=O)c3c(-c4ccc5c6c(n[nH]c(=O)c46)C(c4cncn4C)C(c4ccccc4)N5)ccc(c23)NC1c1ccccc1. The first kappa shape index (κ1) is 31.9. The average Bonchev–Trinajstić information content (AvgIpc) is 3.86. The van der Waals surface area contributed by atoms with Crippen LogP contribution in [0.3, 0.4) is 0 Å². The number of rotatable bonds is 7. The highest BCUT2D eigenvalue weighted by molar-refractivity contribution is 6.12. The Morgan fingerprint density at radius 2 is 1.24 bits per heavy atom. The molecular weight excluding hydrogens is 677 g/mol. The minimum atomic E-state index is -0.342. The Kier molecular flexibility index (Phi) is 7.32. The van der Waals surface area contributed by atoms with Gasteiger partial charge in [-0.2, -0.15) is 10.2 Å². The van der Waals surface area contributed by atoms with E-state index in [0.717, 1.165) is 58.4 Å². The summed E-state index contributed by atoms with van der Waals surface area (Å²) >= 11 is 0. The van der Waals surface area contributed by atoms with Crippen LogP contribution in [-0.2, 0) is 13.6 Å². The molecule has 8 aromatic rings. The van der Waals surface area contributed by atoms with Gasteiger partial charge >= 0.3 is 0 Å². The normalized spacial score (nSPS) is 18.8. The number of H-pyrrole nitrogens is 2. The third-order valence-corrected chi connectivity index (χ3v) is 11.1. The van der Waals surface area contributed by atoms with Crippen molar-refractivity contribution in [3.05, 3.63) is 165 Å². The maximum absolute atomic E-state index is 14.1. The first-order valence-corrected chi connectivity index (χ1v) is 18.2. The van der Waals surface area contributed by atoms with Gasteiger partial charge in [-0.3, -0.25) is 9.59 Å². The average molecular weight is 713 g/mol. The molecular formula is C42H36N10O2. The highest BCUT2D eigenvalue weighted by Gasteiger charge is 2.40. The molecule has 12 nitrogen and oxygen atoms in total. The van der Waals surface area contributed by atoms with Crippen molar-refractivity contribution in [2.24, 2.45) is 7.05 Å². The standard InChI is InChI=1S/C42H36N10O2/c1-3-19-52-20-18-44-40(52)35-37(24-12-8-5-9-13-24)46-28-17-15-26(31-33(28)39(35)48-50-42(31)54)25-14-16-27-32-30(25)41(53)49-47-38(32)34(29-21-43-22-51(29)2)36(45-27)23-10-6-4-7-11-23/h4-18,20-22,34-37,45-46H,3,19H2,1-2H3,(H,49,53)(H,50,54). The monoisotopic (exact) mass is 712 g/mol. The van der Waals surface area contributed by atoms with E-state index in [0.29, 0.717) is 32.7 Å². The lowest BCUT2D eigenvalue weighted by Gasteiger charge is -2.35. The number of imidazole rings is 2. The van der Waals surface area contributed by atoms with Gasteiger partial charge in [-0.05, 0) is 40.8 Å². The van der Waals surface area contributed by atoms with Gasteiger partial charge in [-0.1, -0.05) is 79.7 Å². The van der Waals surface area contributed by atoms with E-state index in [1.165, 1.54) is 0 Å². The summed E-state index contributed by atoms with van der Waals surface area (Å²) in [4.78, 5) is 37.5. The Bertz CT molecular complexity index is 2840. The topological polar surface area (TPSA) is 151 Å². The lowest BCUT2D eigenvalue weighted by atomic mass is 9.80. The summed E-state index contributed by atoms with van der Waals surface area (Å²) in [5.41, 5.74) is 6.73. The van der Waals surface area contributed by atoms with E-state index in [4.69, 9.17) is 15.2 Å². The molecule has 0 fully saturated rings. The molecule has 0 amide bonds. The van der Waals surface area contributed by atoms with Gasteiger partial charge in [-0.15, -0.1) is 0 Å². The van der Waals surface area contributed by atoms with Crippen LogP contribution >= 0.6 is 0 Å². The van der Waals surface area contributed by atoms with Gasteiger partial charge < -0.3 is 19.8 Å². The number of aryl methyl sites for hydroxylation is 2. The van der Waals surface area contributed by atoms with Crippen molar-refractivity contribution in [2.75, 3.05) is 10.6 Å². The first-order valence-electron chi connectivity index (χ1n) is 18.2. The van der Waals surface area contributed by atoms with Gasteiger partial charge in [-0.25, -0.2) is 20.2 Å². The van der Waals surface area contributed by atoms with Crippen LogP contribution in [0.25, 0.3) is 32.7 Å². The third-order valence-electron chi connectivity index (χ3n) is 11.1. The van der Waals surface area contributed by atoms with Crippen LogP contribution in [0.5, 0.6) is 0 Å². The largest absolute Gasteiger partial charge is 0.377 e. The molecule has 2 aliphatic heterocycles. The molecule has 6 heterocycles. The van der Waals surface area contributed by atoms with Crippen molar-refractivity contribution in [3.8, 4) is 11.1 Å². The second-order valence-electron chi connectivity index (χ2n) is 14.1. The fourth-order valence-electron chi connectivity index (χ4n) is 8.76. The van der Waals surface area contributed by atoms with Crippen LogP contribution in [0.4, 0.5) is 11.4 Å². The van der Waals surface area contributed by atoms with Crippen LogP contribution < -0.4 is 21.8 Å². The lowest BCUT2D eigenvalue weighted by Crippen LogP contribution is -2.30. The molecule has 10 rings (SSSR count). The Hall–Kier alpha value is -6.82. The minimum Gasteiger partial charge on any atom is -0.377 e. The van der Waals surface area contributed by atoms with Crippen LogP contribution in [0.2, 0.25) is 0 Å². The van der Waals surface area contributed by atoms with Crippen molar-refractivity contribution < 1.29 is 0 Å². The molecule has 266 valence electrons. The summed E-state index contributed by atoms with van der Waals surface area (Å²) < 4.78 is 4.16. The lowest BCUT2D eigenvalue weighted by molar-refractivity contribution is 0.549. The van der Waals surface area contributed by atoms with Crippen molar-refractivity contribution >= 4 is 32.9 Å². The molecule has 12 heteroatoms. The molecule has 0 aliphatic carbocycles. The molecule has 2 aliphatic rings. The van der Waals surface area contributed by atoms with Crippen molar-refractivity contribution in [1.29, 1.82) is 0 Å². The first-order chi connectivity index (χ1) is 26.5. The van der Waals surface area contributed by atoms with Crippen molar-refractivity contribution in [3.63, 3.8) is 0 Å². The maximum Gasteiger partial charge on any atom is 0.272 e. The summed E-state index contributed by atoms with van der Waals surface area (Å²) in [6, 6.07) is 28.0. The maximum atomic E-state index is 14.1. The van der Waals surface area contributed by atoms with Gasteiger partial charge in [0, 0.05) is 60.0 Å². The fourth-order valence-corrected chi connectivity index (χ4v) is 8.76. The van der Waals surface area contributed by atoms with E-state index in [9.17, 15) is 9.59 Å². The molecule has 4 atom stereocenters. The molecule has 4 aromatic carbocycles. The minimum absolute atomic E-state index is 0.183. The zero-order valence-corrected chi connectivity index (χ0v) is 29.6. The molecule has 0 spiro atoms. The summed E-state index contributed by atoms with van der Waals surface area (Å²) in [6.07, 6.45) is 8.39. The van der Waals surface area contributed by atoms with Gasteiger partial charge in [0.15, 0.2) is 0 Å². The number of nitrogens with one attached hydrogen (secondary N) is 4. The number of hydrogen-bond acceptors (Lipinski definition) is 8. The Morgan fingerprint density at radius 3 is 1.78 bits per heavy atom. The van der Waals surface area contributed by atoms with E-state index in [1.54, 1.807) is 6.33 Å². The molecule has 0 bridgehead atoms. The van der Waals surface area contributed by atoms with E-state index in [2.05, 4.69) is 61.6 Å². The molecule has 4 unspecified atom stereocenters. The van der Waals surface area contributed by atoms with Crippen LogP contribution in [0, 0.1) is 0 Å². The molecule has 54 heavy (non-hydrogen) atoms. The summed E-state index contributed by atoms with van der Waals surface area (Å²) in [6.45, 7) is 2.94. The highest BCUT2D eigenvalue weighted by Crippen LogP contribution is 2.50. The van der Waals surface area contributed by atoms with Gasteiger partial charge in [0.2, 0.25) is 0 Å². The highest BCUT2D eigenvalue weighted by atomic mass is 16.1. The second kappa shape index (κ2) is 12.4. The van der Waals surface area contributed by atoms with E-state index >= 15 is 0 Å². The predicted octanol–water partition coefficient (Wildman–Crippen LogP) is 6.76. The number of aromatic nitrogens is 8. The van der Waals surface area contributed by atoms with Crippen molar-refractivity contribution in [1.82, 2.24) is 39.5 Å². The smallest absolute Gasteiger partial charge is 0.272 e. The summed E-state index contributed by atoms with van der Waals surface area (Å²) in [5, 5.41) is 25.1. The van der Waals surface area contributed by atoms with Crippen molar-refractivity contribution in [2.45, 2.75) is 43.8 Å². The number of hydrogen-bond donors (Lipinski definition) is 4. The zero-order chi connectivity index (χ0) is 36.5. The van der Waals surface area contributed by atoms with E-state index in [-0.39, 0.29) is 35.0 Å². The zero-order valence-electron chi connectivity index (χ0n) is 29.6. The Morgan fingerprint density at radius 1 is 0.685 bits per heavy atom. The van der Waals surface area contributed by atoms with Crippen LogP contribution in [-0.4, -0.2) is 39.5 Å². The summed E-state index contributed by atoms with van der Waals surface area (Å²) in [7, 11) is 1.97. The third kappa shape index (κ3) is 4.76. The fraction of sp³-hybridized carbons (Fsp3) is 0.190. The number of benzene rings is 4. The van der Waals surface area contributed by atoms with Crippen LogP contribution in [0.15, 0.2) is 119 Å². The number of anilines is 2. The van der Waals surface area contributed by atoms with Gasteiger partial charge in [0.25, 0.3) is 11.1 Å². The molecule has 0 saturated heterocycles. The summed E-state index contributed by atoms with van der Waals surface area (Å²) in [5.74, 6) is 0.260. The molecule has 4 aromatic heterocycles.